The average Bonchev–Trinajstić information content (AvgIpc) is 2.34. The van der Waals surface area contributed by atoms with Crippen LogP contribution in [-0.4, -0.2) is 15.1 Å². The summed E-state index contributed by atoms with van der Waals surface area (Å²) in [5.41, 5.74) is 1.57. The molecule has 0 fully saturated rings. The van der Waals surface area contributed by atoms with Gasteiger partial charge in [-0.2, -0.15) is 4.98 Å². The number of aromatic nitrogens is 2. The first-order chi connectivity index (χ1) is 8.60. The maximum absolute atomic E-state index is 9.24. The summed E-state index contributed by atoms with van der Waals surface area (Å²) in [6.45, 7) is 3.58. The van der Waals surface area contributed by atoms with Gasteiger partial charge in [0.1, 0.15) is 11.6 Å². The average molecular weight is 309 g/mol. The fourth-order valence-electron chi connectivity index (χ4n) is 1.46. The van der Waals surface area contributed by atoms with Crippen LogP contribution in [-0.2, 0) is 6.61 Å². The number of nitrogens with zero attached hydrogens (tertiary/aromatic N) is 2. The van der Waals surface area contributed by atoms with Crippen molar-refractivity contribution in [2.45, 2.75) is 20.5 Å². The highest BCUT2D eigenvalue weighted by Crippen LogP contribution is 2.28. The van der Waals surface area contributed by atoms with E-state index in [4.69, 9.17) is 4.74 Å². The van der Waals surface area contributed by atoms with E-state index in [1.807, 2.05) is 25.1 Å². The fraction of sp³-hybridized carbons (Fsp3) is 0.231. The van der Waals surface area contributed by atoms with Gasteiger partial charge in [0.05, 0.1) is 12.2 Å². The van der Waals surface area contributed by atoms with E-state index in [0.717, 1.165) is 10.0 Å². The Hall–Kier alpha value is -1.46. The molecule has 0 bridgehead atoms. The summed E-state index contributed by atoms with van der Waals surface area (Å²) in [5, 5.41) is 9.24. The van der Waals surface area contributed by atoms with E-state index in [-0.39, 0.29) is 6.61 Å². The highest BCUT2D eigenvalue weighted by atomic mass is 79.9. The minimum Gasteiger partial charge on any atom is -0.438 e. The van der Waals surface area contributed by atoms with Crippen molar-refractivity contribution in [2.24, 2.45) is 0 Å². The van der Waals surface area contributed by atoms with Gasteiger partial charge in [0.25, 0.3) is 0 Å². The summed E-state index contributed by atoms with van der Waals surface area (Å²) in [7, 11) is 0. The molecule has 0 unspecified atom stereocenters. The lowest BCUT2D eigenvalue weighted by Gasteiger charge is -2.11. The van der Waals surface area contributed by atoms with Gasteiger partial charge in [-0.15, -0.1) is 0 Å². The third-order valence-electron chi connectivity index (χ3n) is 2.47. The van der Waals surface area contributed by atoms with Crippen LogP contribution in [0.4, 0.5) is 0 Å². The molecule has 0 atom stereocenters. The van der Waals surface area contributed by atoms with Crippen LogP contribution < -0.4 is 4.74 Å². The van der Waals surface area contributed by atoms with Crippen LogP contribution in [0, 0.1) is 13.8 Å². The second-order valence-corrected chi connectivity index (χ2v) is 4.83. The molecule has 0 saturated heterocycles. The molecule has 2 aromatic rings. The van der Waals surface area contributed by atoms with E-state index < -0.39 is 0 Å². The van der Waals surface area contributed by atoms with Crippen molar-refractivity contribution in [3.05, 3.63) is 45.8 Å². The third-order valence-corrected chi connectivity index (χ3v) is 2.97. The van der Waals surface area contributed by atoms with Crippen molar-refractivity contribution in [1.82, 2.24) is 9.97 Å². The number of aliphatic hydroxyl groups excluding tert-OH is 1. The Morgan fingerprint density at radius 1 is 1.33 bits per heavy atom. The molecule has 1 aromatic heterocycles. The molecule has 0 amide bonds. The molecular weight excluding hydrogens is 296 g/mol. The van der Waals surface area contributed by atoms with E-state index in [1.54, 1.807) is 13.1 Å². The molecular formula is C13H13BrN2O2. The third kappa shape index (κ3) is 2.86. The Bertz CT molecular complexity index is 573. The molecule has 1 N–H and O–H groups in total. The first kappa shape index (κ1) is 13.0. The normalized spacial score (nSPS) is 10.4. The number of hydrogen-bond donors (Lipinski definition) is 1. The molecule has 1 aromatic carbocycles. The minimum atomic E-state index is -0.150. The van der Waals surface area contributed by atoms with Crippen LogP contribution in [0.25, 0.3) is 0 Å². The number of aliphatic hydroxyl groups is 1. The van der Waals surface area contributed by atoms with Crippen LogP contribution in [0.2, 0.25) is 0 Å². The maximum atomic E-state index is 9.24. The van der Waals surface area contributed by atoms with E-state index in [1.165, 1.54) is 0 Å². The Morgan fingerprint density at radius 2 is 2.11 bits per heavy atom. The Balaban J connectivity index is 2.38. The molecule has 0 aliphatic rings. The predicted octanol–water partition coefficient (Wildman–Crippen LogP) is 3.14. The van der Waals surface area contributed by atoms with Crippen molar-refractivity contribution in [3.63, 3.8) is 0 Å². The lowest BCUT2D eigenvalue weighted by Crippen LogP contribution is -1.99. The molecule has 0 radical (unpaired) electrons. The molecule has 4 nitrogen and oxygen atoms in total. The van der Waals surface area contributed by atoms with Gasteiger partial charge < -0.3 is 9.84 Å². The zero-order valence-corrected chi connectivity index (χ0v) is 11.7. The standard InChI is InChI=1S/C13H13BrN2O2/c1-8-3-4-11(14)5-12(8)18-13-10(7-17)6-15-9(2)16-13/h3-6,17H,7H2,1-2H3. The number of aryl methyl sites for hydroxylation is 2. The van der Waals surface area contributed by atoms with Crippen LogP contribution >= 0.6 is 15.9 Å². The second kappa shape index (κ2) is 5.46. The van der Waals surface area contributed by atoms with E-state index >= 15 is 0 Å². The van der Waals surface area contributed by atoms with Crippen molar-refractivity contribution < 1.29 is 9.84 Å². The van der Waals surface area contributed by atoms with Crippen molar-refractivity contribution >= 4 is 15.9 Å². The number of ether oxygens (including phenoxy) is 1. The summed E-state index contributed by atoms with van der Waals surface area (Å²) < 4.78 is 6.68. The van der Waals surface area contributed by atoms with Crippen LogP contribution in [0.5, 0.6) is 11.6 Å². The number of halogens is 1. The largest absolute Gasteiger partial charge is 0.438 e. The second-order valence-electron chi connectivity index (χ2n) is 3.92. The summed E-state index contributed by atoms with van der Waals surface area (Å²) in [5.74, 6) is 1.71. The van der Waals surface area contributed by atoms with Gasteiger partial charge in [-0.3, -0.25) is 0 Å². The lowest BCUT2D eigenvalue weighted by atomic mass is 10.2. The highest BCUT2D eigenvalue weighted by molar-refractivity contribution is 9.10. The Morgan fingerprint density at radius 3 is 2.83 bits per heavy atom. The summed E-state index contributed by atoms with van der Waals surface area (Å²) in [4.78, 5) is 8.23. The van der Waals surface area contributed by atoms with Gasteiger partial charge in [-0.1, -0.05) is 22.0 Å². The minimum absolute atomic E-state index is 0.150. The monoisotopic (exact) mass is 308 g/mol. The lowest BCUT2D eigenvalue weighted by molar-refractivity contribution is 0.274. The SMILES string of the molecule is Cc1ncc(CO)c(Oc2cc(Br)ccc2C)n1. The molecule has 0 aliphatic carbocycles. The van der Waals surface area contributed by atoms with Gasteiger partial charge in [-0.25, -0.2) is 4.98 Å². The summed E-state index contributed by atoms with van der Waals surface area (Å²) in [6.07, 6.45) is 1.57. The molecule has 94 valence electrons. The Labute approximate surface area is 114 Å². The van der Waals surface area contributed by atoms with Gasteiger partial charge >= 0.3 is 0 Å². The Kier molecular flexibility index (Phi) is 3.93. The number of hydrogen-bond acceptors (Lipinski definition) is 4. The zero-order chi connectivity index (χ0) is 13.1. The van der Waals surface area contributed by atoms with Crippen LogP contribution in [0.3, 0.4) is 0 Å². The van der Waals surface area contributed by atoms with Crippen LogP contribution in [0.15, 0.2) is 28.9 Å². The number of benzene rings is 1. The van der Waals surface area contributed by atoms with Gasteiger partial charge in [0.15, 0.2) is 0 Å². The van der Waals surface area contributed by atoms with Gasteiger partial charge in [0.2, 0.25) is 5.88 Å². The summed E-state index contributed by atoms with van der Waals surface area (Å²) >= 11 is 3.40. The predicted molar refractivity (Wildman–Crippen MR) is 71.6 cm³/mol. The molecule has 18 heavy (non-hydrogen) atoms. The fourth-order valence-corrected chi connectivity index (χ4v) is 1.80. The van der Waals surface area contributed by atoms with Gasteiger partial charge in [-0.05, 0) is 31.5 Å². The van der Waals surface area contributed by atoms with Crippen molar-refractivity contribution in [2.75, 3.05) is 0 Å². The molecule has 5 heteroatoms. The van der Waals surface area contributed by atoms with E-state index in [0.29, 0.717) is 23.0 Å². The summed E-state index contributed by atoms with van der Waals surface area (Å²) in [6, 6.07) is 5.76. The topological polar surface area (TPSA) is 55.2 Å². The van der Waals surface area contributed by atoms with Crippen LogP contribution in [0.1, 0.15) is 17.0 Å². The highest BCUT2D eigenvalue weighted by Gasteiger charge is 2.09. The smallest absolute Gasteiger partial charge is 0.228 e. The first-order valence-electron chi connectivity index (χ1n) is 5.47. The first-order valence-corrected chi connectivity index (χ1v) is 6.27. The maximum Gasteiger partial charge on any atom is 0.228 e. The molecule has 1 heterocycles. The zero-order valence-electron chi connectivity index (χ0n) is 10.1. The van der Waals surface area contributed by atoms with Crippen molar-refractivity contribution in [1.29, 1.82) is 0 Å². The quantitative estimate of drug-likeness (QED) is 0.946. The molecule has 0 spiro atoms. The molecule has 0 saturated carbocycles. The number of rotatable bonds is 3. The van der Waals surface area contributed by atoms with Crippen molar-refractivity contribution in [3.8, 4) is 11.6 Å². The van der Waals surface area contributed by atoms with E-state index in [2.05, 4.69) is 25.9 Å². The molecule has 2 rings (SSSR count). The van der Waals surface area contributed by atoms with E-state index in [9.17, 15) is 5.11 Å². The molecule has 0 aliphatic heterocycles. The van der Waals surface area contributed by atoms with Gasteiger partial charge in [0, 0.05) is 10.7 Å².